The molecule has 1 heterocycles. The van der Waals surface area contributed by atoms with Gasteiger partial charge in [0.15, 0.2) is 16.7 Å². The predicted molar refractivity (Wildman–Crippen MR) is 139 cm³/mol. The Balaban J connectivity index is 1.33. The SMILES string of the molecule is COc1cc(/C=N\NC(=O)CSc2nc3ccccc3[nH]2)cc(I)c1OCc1ccccc1. The minimum atomic E-state index is -0.221. The van der Waals surface area contributed by atoms with Crippen LogP contribution in [0, 0.1) is 3.57 Å². The van der Waals surface area contributed by atoms with Crippen LogP contribution in [0.3, 0.4) is 0 Å². The summed E-state index contributed by atoms with van der Waals surface area (Å²) in [5.41, 5.74) is 6.22. The van der Waals surface area contributed by atoms with Crippen molar-refractivity contribution in [2.45, 2.75) is 11.8 Å². The Labute approximate surface area is 209 Å². The van der Waals surface area contributed by atoms with Crippen LogP contribution in [-0.2, 0) is 11.4 Å². The van der Waals surface area contributed by atoms with Crippen LogP contribution in [0.1, 0.15) is 11.1 Å². The third-order valence-corrected chi connectivity index (χ3v) is 6.26. The van der Waals surface area contributed by atoms with Crippen molar-refractivity contribution in [3.8, 4) is 11.5 Å². The number of benzene rings is 3. The van der Waals surface area contributed by atoms with Gasteiger partial charge in [0, 0.05) is 0 Å². The van der Waals surface area contributed by atoms with Crippen molar-refractivity contribution >= 4 is 57.5 Å². The van der Waals surface area contributed by atoms with E-state index in [1.807, 2.05) is 66.7 Å². The lowest BCUT2D eigenvalue weighted by Gasteiger charge is -2.13. The summed E-state index contributed by atoms with van der Waals surface area (Å²) in [7, 11) is 1.60. The van der Waals surface area contributed by atoms with E-state index in [1.165, 1.54) is 11.8 Å². The number of aromatic nitrogens is 2. The predicted octanol–water partition coefficient (Wildman–Crippen LogP) is 5.00. The second-order valence-corrected chi connectivity index (χ2v) is 9.08. The maximum Gasteiger partial charge on any atom is 0.250 e. The molecule has 0 bridgehead atoms. The van der Waals surface area contributed by atoms with Crippen molar-refractivity contribution in [2.24, 2.45) is 5.10 Å². The molecule has 0 radical (unpaired) electrons. The van der Waals surface area contributed by atoms with Gasteiger partial charge < -0.3 is 14.5 Å². The van der Waals surface area contributed by atoms with E-state index in [1.54, 1.807) is 13.3 Å². The standard InChI is InChI=1S/C24H21IN4O3S/c1-31-21-12-17(11-18(25)23(21)32-14-16-7-3-2-4-8-16)13-26-29-22(30)15-33-24-27-19-9-5-6-10-20(19)28-24/h2-13H,14-15H2,1H3,(H,27,28)(H,29,30)/b26-13-. The van der Waals surface area contributed by atoms with Crippen LogP contribution in [0.2, 0.25) is 0 Å². The molecule has 4 aromatic rings. The number of fused-ring (bicyclic) bond motifs is 1. The number of para-hydroxylation sites is 2. The van der Waals surface area contributed by atoms with Gasteiger partial charge >= 0.3 is 0 Å². The molecule has 9 heteroatoms. The van der Waals surface area contributed by atoms with Gasteiger partial charge in [-0.3, -0.25) is 4.79 Å². The Hall–Kier alpha value is -3.05. The maximum absolute atomic E-state index is 12.2. The number of thioether (sulfide) groups is 1. The molecule has 0 unspecified atom stereocenters. The normalized spacial score (nSPS) is 11.1. The van der Waals surface area contributed by atoms with Crippen molar-refractivity contribution in [3.05, 3.63) is 81.4 Å². The summed E-state index contributed by atoms with van der Waals surface area (Å²) in [6.45, 7) is 0.444. The summed E-state index contributed by atoms with van der Waals surface area (Å²) in [6.07, 6.45) is 1.58. The van der Waals surface area contributed by atoms with Gasteiger partial charge in [0.05, 0.1) is 33.7 Å². The van der Waals surface area contributed by atoms with Gasteiger partial charge in [-0.1, -0.05) is 54.2 Å². The van der Waals surface area contributed by atoms with Crippen LogP contribution >= 0.6 is 34.4 Å². The highest BCUT2D eigenvalue weighted by molar-refractivity contribution is 14.1. The number of halogens is 1. The Morgan fingerprint density at radius 1 is 1.18 bits per heavy atom. The monoisotopic (exact) mass is 572 g/mol. The van der Waals surface area contributed by atoms with Crippen molar-refractivity contribution < 1.29 is 14.3 Å². The molecule has 168 valence electrons. The molecule has 33 heavy (non-hydrogen) atoms. The molecule has 0 aliphatic rings. The molecule has 0 saturated carbocycles. The number of hydrogen-bond acceptors (Lipinski definition) is 6. The zero-order valence-corrected chi connectivity index (χ0v) is 20.7. The van der Waals surface area contributed by atoms with E-state index in [0.29, 0.717) is 23.3 Å². The quantitative estimate of drug-likeness (QED) is 0.128. The number of nitrogens with one attached hydrogen (secondary N) is 2. The molecular weight excluding hydrogens is 551 g/mol. The minimum Gasteiger partial charge on any atom is -0.493 e. The van der Waals surface area contributed by atoms with E-state index in [2.05, 4.69) is 43.1 Å². The van der Waals surface area contributed by atoms with Gasteiger partial charge in [-0.2, -0.15) is 5.10 Å². The second-order valence-electron chi connectivity index (χ2n) is 6.95. The Kier molecular flexibility index (Phi) is 7.84. The van der Waals surface area contributed by atoms with Crippen molar-refractivity contribution in [2.75, 3.05) is 12.9 Å². The summed E-state index contributed by atoms with van der Waals surface area (Å²) in [5, 5.41) is 4.76. The highest BCUT2D eigenvalue weighted by atomic mass is 127. The summed E-state index contributed by atoms with van der Waals surface area (Å²) in [4.78, 5) is 19.8. The van der Waals surface area contributed by atoms with Crippen LogP contribution in [0.5, 0.6) is 11.5 Å². The second kappa shape index (κ2) is 11.2. The fourth-order valence-corrected chi connectivity index (χ4v) is 4.49. The molecule has 0 aliphatic heterocycles. The lowest BCUT2D eigenvalue weighted by Crippen LogP contribution is -2.19. The van der Waals surface area contributed by atoms with Crippen LogP contribution in [-0.4, -0.2) is 35.0 Å². The molecule has 0 spiro atoms. The van der Waals surface area contributed by atoms with E-state index in [9.17, 15) is 4.79 Å². The first-order valence-electron chi connectivity index (χ1n) is 10.1. The molecule has 0 atom stereocenters. The first-order valence-corrected chi connectivity index (χ1v) is 12.1. The molecule has 7 nitrogen and oxygen atoms in total. The number of rotatable bonds is 9. The van der Waals surface area contributed by atoms with Gasteiger partial charge in [-0.05, 0) is 58.0 Å². The molecule has 0 aliphatic carbocycles. The number of H-pyrrole nitrogens is 1. The molecular formula is C24H21IN4O3S. The number of nitrogens with zero attached hydrogens (tertiary/aromatic N) is 2. The van der Waals surface area contributed by atoms with Crippen molar-refractivity contribution in [1.82, 2.24) is 15.4 Å². The summed E-state index contributed by atoms with van der Waals surface area (Å²) >= 11 is 3.52. The van der Waals surface area contributed by atoms with Gasteiger partial charge in [-0.15, -0.1) is 0 Å². The minimum absolute atomic E-state index is 0.199. The van der Waals surface area contributed by atoms with Crippen molar-refractivity contribution in [3.63, 3.8) is 0 Å². The van der Waals surface area contributed by atoms with Crippen LogP contribution in [0.4, 0.5) is 0 Å². The van der Waals surface area contributed by atoms with Gasteiger partial charge in [0.2, 0.25) is 0 Å². The summed E-state index contributed by atoms with van der Waals surface area (Å²) in [6, 6.07) is 21.4. The van der Waals surface area contributed by atoms with Gasteiger partial charge in [0.1, 0.15) is 6.61 Å². The van der Waals surface area contributed by atoms with E-state index in [-0.39, 0.29) is 11.7 Å². The third kappa shape index (κ3) is 6.26. The number of imidazole rings is 1. The lowest BCUT2D eigenvalue weighted by molar-refractivity contribution is -0.118. The largest absolute Gasteiger partial charge is 0.493 e. The van der Waals surface area contributed by atoms with E-state index in [4.69, 9.17) is 9.47 Å². The smallest absolute Gasteiger partial charge is 0.250 e. The Bertz CT molecular complexity index is 1240. The van der Waals surface area contributed by atoms with Gasteiger partial charge in [0.25, 0.3) is 5.91 Å². The van der Waals surface area contributed by atoms with Gasteiger partial charge in [-0.25, -0.2) is 10.4 Å². The topological polar surface area (TPSA) is 88.6 Å². The zero-order chi connectivity index (χ0) is 23.0. The van der Waals surface area contributed by atoms with E-state index in [0.717, 1.165) is 25.7 Å². The highest BCUT2D eigenvalue weighted by Gasteiger charge is 2.12. The number of methoxy groups -OCH3 is 1. The number of hydrazone groups is 1. The summed E-state index contributed by atoms with van der Waals surface area (Å²) < 4.78 is 12.4. The first-order chi connectivity index (χ1) is 16.1. The summed E-state index contributed by atoms with van der Waals surface area (Å²) in [5.74, 6) is 1.25. The molecule has 3 aromatic carbocycles. The third-order valence-electron chi connectivity index (χ3n) is 4.59. The number of amides is 1. The number of ether oxygens (including phenoxy) is 2. The fraction of sp³-hybridized carbons (Fsp3) is 0.125. The molecule has 1 amide bonds. The highest BCUT2D eigenvalue weighted by Crippen LogP contribution is 2.34. The molecule has 0 fully saturated rings. The molecule has 4 rings (SSSR count). The van der Waals surface area contributed by atoms with Crippen LogP contribution in [0.25, 0.3) is 11.0 Å². The number of carbonyl (C=O) groups excluding carboxylic acids is 1. The van der Waals surface area contributed by atoms with Crippen LogP contribution in [0.15, 0.2) is 77.0 Å². The zero-order valence-electron chi connectivity index (χ0n) is 17.7. The fourth-order valence-electron chi connectivity index (χ4n) is 3.03. The Morgan fingerprint density at radius 2 is 1.97 bits per heavy atom. The molecule has 0 saturated heterocycles. The first kappa shape index (κ1) is 23.1. The maximum atomic E-state index is 12.2. The Morgan fingerprint density at radius 3 is 2.76 bits per heavy atom. The lowest BCUT2D eigenvalue weighted by atomic mass is 10.2. The molecule has 1 aromatic heterocycles. The number of carbonyl (C=O) groups is 1. The van der Waals surface area contributed by atoms with Crippen LogP contribution < -0.4 is 14.9 Å². The van der Waals surface area contributed by atoms with E-state index >= 15 is 0 Å². The van der Waals surface area contributed by atoms with E-state index < -0.39 is 0 Å². The van der Waals surface area contributed by atoms with Crippen molar-refractivity contribution in [1.29, 1.82) is 0 Å². The number of aromatic amines is 1. The number of hydrogen-bond donors (Lipinski definition) is 2. The molecule has 2 N–H and O–H groups in total. The average Bonchev–Trinajstić information content (AvgIpc) is 3.25. The average molecular weight is 572 g/mol.